The highest BCUT2D eigenvalue weighted by Crippen LogP contribution is 2.12. The number of imide groups is 1. The Morgan fingerprint density at radius 1 is 1.27 bits per heavy atom. The van der Waals surface area contributed by atoms with Gasteiger partial charge in [-0.3, -0.25) is 19.5 Å². The van der Waals surface area contributed by atoms with Crippen LogP contribution in [0, 0.1) is 6.92 Å². The van der Waals surface area contributed by atoms with E-state index in [2.05, 4.69) is 4.98 Å². The SMILES string of the molecule is Cc1cnccc1CN1C(=O)C=CC1=O. The smallest absolute Gasteiger partial charge is 0.253 e. The summed E-state index contributed by atoms with van der Waals surface area (Å²) in [5.41, 5.74) is 1.92. The molecule has 0 atom stereocenters. The van der Waals surface area contributed by atoms with Crippen LogP contribution in [-0.2, 0) is 16.1 Å². The number of hydrogen-bond acceptors (Lipinski definition) is 3. The Morgan fingerprint density at radius 2 is 1.93 bits per heavy atom. The number of aromatic nitrogens is 1. The number of hydrogen-bond donors (Lipinski definition) is 0. The lowest BCUT2D eigenvalue weighted by Gasteiger charge is -2.14. The van der Waals surface area contributed by atoms with E-state index in [0.717, 1.165) is 11.1 Å². The first kappa shape index (κ1) is 9.58. The van der Waals surface area contributed by atoms with Gasteiger partial charge in [-0.1, -0.05) is 0 Å². The highest BCUT2D eigenvalue weighted by Gasteiger charge is 2.23. The third-order valence-electron chi connectivity index (χ3n) is 2.37. The zero-order chi connectivity index (χ0) is 10.8. The summed E-state index contributed by atoms with van der Waals surface area (Å²) in [5, 5.41) is 0. The van der Waals surface area contributed by atoms with Gasteiger partial charge < -0.3 is 0 Å². The van der Waals surface area contributed by atoms with Crippen LogP contribution in [0.25, 0.3) is 0 Å². The van der Waals surface area contributed by atoms with Gasteiger partial charge in [0.1, 0.15) is 0 Å². The average molecular weight is 202 g/mol. The average Bonchev–Trinajstić information content (AvgIpc) is 2.53. The predicted molar refractivity (Wildman–Crippen MR) is 53.7 cm³/mol. The molecule has 15 heavy (non-hydrogen) atoms. The first-order chi connectivity index (χ1) is 7.18. The molecule has 2 rings (SSSR count). The minimum atomic E-state index is -0.254. The fraction of sp³-hybridized carbons (Fsp3) is 0.182. The number of carbonyl (C=O) groups is 2. The summed E-state index contributed by atoms with van der Waals surface area (Å²) in [4.78, 5) is 27.8. The number of nitrogens with zero attached hydrogens (tertiary/aromatic N) is 2. The molecule has 0 fully saturated rings. The molecule has 2 heterocycles. The second-order valence-corrected chi connectivity index (χ2v) is 3.40. The van der Waals surface area contributed by atoms with Crippen LogP contribution < -0.4 is 0 Å². The Kier molecular flexibility index (Phi) is 2.33. The summed E-state index contributed by atoms with van der Waals surface area (Å²) in [6.45, 7) is 2.22. The number of carbonyl (C=O) groups excluding carboxylic acids is 2. The molecule has 0 bridgehead atoms. The summed E-state index contributed by atoms with van der Waals surface area (Å²) >= 11 is 0. The van der Waals surface area contributed by atoms with Crippen LogP contribution in [0.3, 0.4) is 0 Å². The molecular formula is C11H10N2O2. The molecule has 4 nitrogen and oxygen atoms in total. The van der Waals surface area contributed by atoms with Crippen LogP contribution in [-0.4, -0.2) is 21.7 Å². The first-order valence-electron chi connectivity index (χ1n) is 4.61. The monoisotopic (exact) mass is 202 g/mol. The minimum absolute atomic E-state index is 0.254. The molecule has 0 aromatic carbocycles. The Bertz CT molecular complexity index is 434. The standard InChI is InChI=1S/C11H10N2O2/c1-8-6-12-5-4-9(8)7-13-10(14)2-3-11(13)15/h2-6H,7H2,1H3. The molecule has 0 spiro atoms. The van der Waals surface area contributed by atoms with E-state index in [1.807, 2.05) is 13.0 Å². The van der Waals surface area contributed by atoms with Crippen molar-refractivity contribution in [3.05, 3.63) is 41.7 Å². The summed E-state index contributed by atoms with van der Waals surface area (Å²) in [5.74, 6) is -0.507. The third-order valence-corrected chi connectivity index (χ3v) is 2.37. The molecule has 4 heteroatoms. The lowest BCUT2D eigenvalue weighted by molar-refractivity contribution is -0.137. The van der Waals surface area contributed by atoms with Gasteiger partial charge in [-0.15, -0.1) is 0 Å². The normalized spacial score (nSPS) is 15.1. The number of aryl methyl sites for hydroxylation is 1. The van der Waals surface area contributed by atoms with Crippen molar-refractivity contribution in [2.45, 2.75) is 13.5 Å². The maximum Gasteiger partial charge on any atom is 0.253 e. The third kappa shape index (κ3) is 1.79. The van der Waals surface area contributed by atoms with Crippen LogP contribution in [0.15, 0.2) is 30.6 Å². The number of amides is 2. The summed E-state index contributed by atoms with van der Waals surface area (Å²) < 4.78 is 0. The van der Waals surface area contributed by atoms with Gasteiger partial charge in [0.25, 0.3) is 11.8 Å². The minimum Gasteiger partial charge on any atom is -0.271 e. The van der Waals surface area contributed by atoms with Crippen LogP contribution in [0.4, 0.5) is 0 Å². The molecule has 1 aliphatic rings. The van der Waals surface area contributed by atoms with Crippen LogP contribution >= 0.6 is 0 Å². The zero-order valence-corrected chi connectivity index (χ0v) is 8.30. The number of rotatable bonds is 2. The molecular weight excluding hydrogens is 192 g/mol. The van der Waals surface area contributed by atoms with Gasteiger partial charge in [0.2, 0.25) is 0 Å². The molecule has 0 radical (unpaired) electrons. The van der Waals surface area contributed by atoms with Crippen molar-refractivity contribution in [1.82, 2.24) is 9.88 Å². The maximum absolute atomic E-state index is 11.3. The lowest BCUT2D eigenvalue weighted by Crippen LogP contribution is -2.29. The molecule has 1 aliphatic heterocycles. The van der Waals surface area contributed by atoms with Crippen molar-refractivity contribution in [3.8, 4) is 0 Å². The maximum atomic E-state index is 11.3. The molecule has 0 saturated carbocycles. The highest BCUT2D eigenvalue weighted by atomic mass is 16.2. The first-order valence-corrected chi connectivity index (χ1v) is 4.61. The van der Waals surface area contributed by atoms with Gasteiger partial charge in [0, 0.05) is 24.5 Å². The van der Waals surface area contributed by atoms with Gasteiger partial charge in [-0.2, -0.15) is 0 Å². The molecule has 2 amide bonds. The topological polar surface area (TPSA) is 50.3 Å². The van der Waals surface area contributed by atoms with Crippen molar-refractivity contribution in [3.63, 3.8) is 0 Å². The quantitative estimate of drug-likeness (QED) is 0.667. The van der Waals surface area contributed by atoms with Crippen molar-refractivity contribution >= 4 is 11.8 Å². The lowest BCUT2D eigenvalue weighted by atomic mass is 10.1. The molecule has 76 valence electrons. The van der Waals surface area contributed by atoms with Gasteiger partial charge >= 0.3 is 0 Å². The summed E-state index contributed by atoms with van der Waals surface area (Å²) in [6, 6.07) is 1.81. The summed E-state index contributed by atoms with van der Waals surface area (Å²) in [6.07, 6.45) is 5.95. The Balaban J connectivity index is 2.20. The molecule has 0 N–H and O–H groups in total. The van der Waals surface area contributed by atoms with Gasteiger partial charge in [-0.05, 0) is 24.1 Å². The van der Waals surface area contributed by atoms with Crippen LogP contribution in [0.5, 0.6) is 0 Å². The number of pyridine rings is 1. The van der Waals surface area contributed by atoms with E-state index >= 15 is 0 Å². The van der Waals surface area contributed by atoms with E-state index in [1.165, 1.54) is 17.1 Å². The Hall–Kier alpha value is -1.97. The van der Waals surface area contributed by atoms with E-state index < -0.39 is 0 Å². The fourth-order valence-corrected chi connectivity index (χ4v) is 1.44. The molecule has 1 aromatic rings. The van der Waals surface area contributed by atoms with E-state index in [4.69, 9.17) is 0 Å². The molecule has 0 aliphatic carbocycles. The van der Waals surface area contributed by atoms with Crippen LogP contribution in [0.2, 0.25) is 0 Å². The van der Waals surface area contributed by atoms with Crippen LogP contribution in [0.1, 0.15) is 11.1 Å². The predicted octanol–water partition coefficient (Wildman–Crippen LogP) is 0.815. The van der Waals surface area contributed by atoms with Crippen molar-refractivity contribution in [2.24, 2.45) is 0 Å². The molecule has 1 aromatic heterocycles. The van der Waals surface area contributed by atoms with E-state index in [1.54, 1.807) is 12.4 Å². The van der Waals surface area contributed by atoms with Crippen molar-refractivity contribution in [1.29, 1.82) is 0 Å². The Morgan fingerprint density at radius 3 is 2.53 bits per heavy atom. The second-order valence-electron chi connectivity index (χ2n) is 3.40. The summed E-state index contributed by atoms with van der Waals surface area (Å²) in [7, 11) is 0. The largest absolute Gasteiger partial charge is 0.271 e. The fourth-order valence-electron chi connectivity index (χ4n) is 1.44. The zero-order valence-electron chi connectivity index (χ0n) is 8.30. The molecule has 0 unspecified atom stereocenters. The second kappa shape index (κ2) is 3.65. The van der Waals surface area contributed by atoms with Gasteiger partial charge in [0.15, 0.2) is 0 Å². The van der Waals surface area contributed by atoms with Gasteiger partial charge in [-0.25, -0.2) is 0 Å². The van der Waals surface area contributed by atoms with Crippen molar-refractivity contribution in [2.75, 3.05) is 0 Å². The Labute approximate surface area is 87.2 Å². The molecule has 0 saturated heterocycles. The van der Waals surface area contributed by atoms with Crippen molar-refractivity contribution < 1.29 is 9.59 Å². The van der Waals surface area contributed by atoms with E-state index in [9.17, 15) is 9.59 Å². The van der Waals surface area contributed by atoms with E-state index in [0.29, 0.717) is 6.54 Å². The highest BCUT2D eigenvalue weighted by molar-refractivity contribution is 6.12. The van der Waals surface area contributed by atoms with E-state index in [-0.39, 0.29) is 11.8 Å². The van der Waals surface area contributed by atoms with Gasteiger partial charge in [0.05, 0.1) is 6.54 Å².